The van der Waals surface area contributed by atoms with Gasteiger partial charge in [0.25, 0.3) is 0 Å². The first-order chi connectivity index (χ1) is 17.4. The molecule has 0 saturated heterocycles. The molecule has 0 atom stereocenters. The van der Waals surface area contributed by atoms with Crippen LogP contribution in [0.15, 0.2) is 81.9 Å². The molecular formula is C23H17ClF3N5O3S2. The number of halogens is 4. The second-order valence-electron chi connectivity index (χ2n) is 7.76. The van der Waals surface area contributed by atoms with Crippen LogP contribution in [0.4, 0.5) is 24.5 Å². The average molecular weight is 568 g/mol. The van der Waals surface area contributed by atoms with E-state index < -0.39 is 27.6 Å². The number of hydrogen-bond donors (Lipinski definition) is 3. The van der Waals surface area contributed by atoms with Gasteiger partial charge in [-0.25, -0.2) is 13.6 Å². The number of thiocarbonyl (C=S) groups is 1. The zero-order valence-electron chi connectivity index (χ0n) is 18.6. The lowest BCUT2D eigenvalue weighted by Crippen LogP contribution is -2.16. The second kappa shape index (κ2) is 10.1. The van der Waals surface area contributed by atoms with Gasteiger partial charge >= 0.3 is 6.18 Å². The number of aromatic nitrogens is 1. The number of sulfonamides is 1. The number of para-hydroxylation sites is 2. The van der Waals surface area contributed by atoms with Gasteiger partial charge < -0.3 is 15.0 Å². The van der Waals surface area contributed by atoms with Crippen LogP contribution in [0.3, 0.4) is 0 Å². The molecule has 0 fully saturated rings. The lowest BCUT2D eigenvalue weighted by molar-refractivity contribution is -0.137. The summed E-state index contributed by atoms with van der Waals surface area (Å²) in [5, 5.41) is 27.0. The van der Waals surface area contributed by atoms with E-state index in [4.69, 9.17) is 29.0 Å². The van der Waals surface area contributed by atoms with E-state index >= 15 is 0 Å². The molecular weight excluding hydrogens is 551 g/mol. The first-order valence-corrected chi connectivity index (χ1v) is 12.7. The number of azo groups is 1. The van der Waals surface area contributed by atoms with Gasteiger partial charge in [0.1, 0.15) is 4.90 Å². The van der Waals surface area contributed by atoms with Crippen LogP contribution in [0.1, 0.15) is 11.1 Å². The summed E-state index contributed by atoms with van der Waals surface area (Å²) >= 11 is 11.5. The molecule has 14 heteroatoms. The summed E-state index contributed by atoms with van der Waals surface area (Å²) in [6, 6.07) is 15.2. The zero-order valence-corrected chi connectivity index (χ0v) is 21.0. The van der Waals surface area contributed by atoms with Gasteiger partial charge in [-0.15, -0.1) is 10.2 Å². The van der Waals surface area contributed by atoms with Gasteiger partial charge in [0.2, 0.25) is 21.0 Å². The Labute approximate surface area is 219 Å². The van der Waals surface area contributed by atoms with Crippen molar-refractivity contribution in [2.24, 2.45) is 15.4 Å². The molecule has 1 aromatic heterocycles. The summed E-state index contributed by atoms with van der Waals surface area (Å²) in [6.07, 6.45) is -4.53. The van der Waals surface area contributed by atoms with E-state index in [1.54, 1.807) is 24.3 Å². The van der Waals surface area contributed by atoms with Crippen LogP contribution < -0.4 is 10.5 Å². The summed E-state index contributed by atoms with van der Waals surface area (Å²) in [7, 11) is -4.05. The number of aromatic hydroxyl groups is 1. The lowest BCUT2D eigenvalue weighted by atomic mass is 10.1. The Balaban J connectivity index is 1.70. The second-order valence-corrected chi connectivity index (χ2v) is 10.1. The standard InChI is InChI=1S/C23H17ClF3N5O3S2/c24-16-8-4-7-15-19(30-31-22(36)29-17-9-1-2-10-18(17)37(28,34)35)21(33)32(20(15)16)12-13-5-3-6-14(11-13)23(25,26)27/h1-11,33H,12H2,(H,29,36)(H2,28,34,35). The van der Waals surface area contributed by atoms with Crippen LogP contribution in [0.25, 0.3) is 10.9 Å². The van der Waals surface area contributed by atoms with Crippen molar-refractivity contribution in [2.45, 2.75) is 17.6 Å². The third-order valence-corrected chi connectivity index (χ3v) is 6.71. The maximum atomic E-state index is 13.2. The monoisotopic (exact) mass is 567 g/mol. The molecule has 192 valence electrons. The molecule has 1 heterocycles. The van der Waals surface area contributed by atoms with E-state index in [1.807, 2.05) is 0 Å². The van der Waals surface area contributed by atoms with Gasteiger partial charge in [0, 0.05) is 5.39 Å². The quantitative estimate of drug-likeness (QED) is 0.196. The van der Waals surface area contributed by atoms with Gasteiger partial charge in [0.05, 0.1) is 28.3 Å². The van der Waals surface area contributed by atoms with Gasteiger partial charge in [-0.3, -0.25) is 0 Å². The Morgan fingerprint density at radius 2 is 1.81 bits per heavy atom. The van der Waals surface area contributed by atoms with E-state index in [0.717, 1.165) is 12.1 Å². The third-order valence-electron chi connectivity index (χ3n) is 5.25. The minimum Gasteiger partial charge on any atom is -0.493 e. The molecule has 0 bridgehead atoms. The fraction of sp³-hybridized carbons (Fsp3) is 0.0870. The van der Waals surface area contributed by atoms with Crippen molar-refractivity contribution < 1.29 is 26.7 Å². The highest BCUT2D eigenvalue weighted by molar-refractivity contribution is 7.89. The highest BCUT2D eigenvalue weighted by atomic mass is 35.5. The van der Waals surface area contributed by atoms with Crippen LogP contribution in [0.5, 0.6) is 5.88 Å². The van der Waals surface area contributed by atoms with Crippen molar-refractivity contribution in [3.63, 3.8) is 0 Å². The average Bonchev–Trinajstić information content (AvgIpc) is 3.08. The fourth-order valence-corrected chi connectivity index (χ4v) is 4.79. The molecule has 4 aromatic rings. The zero-order chi connectivity index (χ0) is 27.0. The normalized spacial score (nSPS) is 12.4. The van der Waals surface area contributed by atoms with Gasteiger partial charge in [0.15, 0.2) is 5.69 Å². The molecule has 0 spiro atoms. The number of nitrogens with one attached hydrogen (secondary N) is 1. The Morgan fingerprint density at radius 1 is 1.11 bits per heavy atom. The van der Waals surface area contributed by atoms with Crippen LogP contribution in [-0.2, 0) is 22.7 Å². The summed E-state index contributed by atoms with van der Waals surface area (Å²) in [4.78, 5) is -0.208. The van der Waals surface area contributed by atoms with E-state index in [1.165, 1.54) is 34.9 Å². The Morgan fingerprint density at radius 3 is 2.51 bits per heavy atom. The molecule has 0 aliphatic carbocycles. The van der Waals surface area contributed by atoms with E-state index in [0.29, 0.717) is 10.9 Å². The number of anilines is 1. The van der Waals surface area contributed by atoms with Crippen LogP contribution >= 0.6 is 23.8 Å². The topological polar surface area (TPSA) is 122 Å². The summed E-state index contributed by atoms with van der Waals surface area (Å²) in [6.45, 7) is -0.143. The number of nitrogens with zero attached hydrogens (tertiary/aromatic N) is 3. The Bertz CT molecular complexity index is 1650. The maximum Gasteiger partial charge on any atom is 0.416 e. The summed E-state index contributed by atoms with van der Waals surface area (Å²) in [5.74, 6) is -0.406. The van der Waals surface area contributed by atoms with E-state index in [-0.39, 0.29) is 38.5 Å². The lowest BCUT2D eigenvalue weighted by Gasteiger charge is -2.11. The smallest absolute Gasteiger partial charge is 0.416 e. The summed E-state index contributed by atoms with van der Waals surface area (Å²) in [5.41, 5.74) is -0.196. The molecule has 8 nitrogen and oxygen atoms in total. The largest absolute Gasteiger partial charge is 0.493 e. The minimum atomic E-state index is -4.53. The Kier molecular flexibility index (Phi) is 7.24. The van der Waals surface area contributed by atoms with Gasteiger partial charge in [-0.2, -0.15) is 13.2 Å². The first-order valence-electron chi connectivity index (χ1n) is 10.4. The molecule has 0 amide bonds. The predicted octanol–water partition coefficient (Wildman–Crippen LogP) is 6.20. The number of rotatable bonds is 5. The SMILES string of the molecule is NS(=O)(=O)c1ccccc1NC(=S)N=Nc1c(O)n(Cc2cccc(C(F)(F)F)c2)c2c(Cl)cccc12. The van der Waals surface area contributed by atoms with Crippen molar-refractivity contribution in [1.29, 1.82) is 0 Å². The molecule has 0 aliphatic heterocycles. The van der Waals surface area contributed by atoms with Crippen molar-refractivity contribution in [2.75, 3.05) is 5.32 Å². The molecule has 0 unspecified atom stereocenters. The molecule has 0 saturated carbocycles. The van der Waals surface area contributed by atoms with Crippen molar-refractivity contribution in [3.05, 3.63) is 82.9 Å². The first kappa shape index (κ1) is 26.5. The highest BCUT2D eigenvalue weighted by Crippen LogP contribution is 2.42. The molecule has 4 rings (SSSR count). The molecule has 0 aliphatic rings. The minimum absolute atomic E-state index is 0.0339. The van der Waals surface area contributed by atoms with Crippen LogP contribution in [-0.4, -0.2) is 23.2 Å². The maximum absolute atomic E-state index is 13.2. The van der Waals surface area contributed by atoms with Crippen LogP contribution in [0.2, 0.25) is 5.02 Å². The van der Waals surface area contributed by atoms with E-state index in [2.05, 4.69) is 15.5 Å². The molecule has 37 heavy (non-hydrogen) atoms. The predicted molar refractivity (Wildman–Crippen MR) is 138 cm³/mol. The number of hydrogen-bond acceptors (Lipinski definition) is 5. The highest BCUT2D eigenvalue weighted by Gasteiger charge is 2.30. The third kappa shape index (κ3) is 5.74. The fourth-order valence-electron chi connectivity index (χ4n) is 3.67. The molecule has 4 N–H and O–H groups in total. The van der Waals surface area contributed by atoms with E-state index in [9.17, 15) is 26.7 Å². The van der Waals surface area contributed by atoms with Gasteiger partial charge in [-0.1, -0.05) is 48.0 Å². The number of nitrogens with two attached hydrogens (primary N) is 1. The van der Waals surface area contributed by atoms with Crippen molar-refractivity contribution in [1.82, 2.24) is 4.57 Å². The summed E-state index contributed by atoms with van der Waals surface area (Å²) < 4.78 is 64.4. The van der Waals surface area contributed by atoms with Crippen molar-refractivity contribution >= 4 is 61.2 Å². The molecule has 3 aromatic carbocycles. The number of benzene rings is 3. The Hall–Kier alpha value is -3.52. The van der Waals surface area contributed by atoms with Gasteiger partial charge in [-0.05, 0) is 48.1 Å². The number of primary sulfonamides is 1. The molecule has 0 radical (unpaired) electrons. The van der Waals surface area contributed by atoms with Crippen molar-refractivity contribution in [3.8, 4) is 5.88 Å². The van der Waals surface area contributed by atoms with Crippen LogP contribution in [0, 0.1) is 0 Å². The number of fused-ring (bicyclic) bond motifs is 1. The number of alkyl halides is 3.